The van der Waals surface area contributed by atoms with Gasteiger partial charge in [-0.25, -0.2) is 9.97 Å². The Kier molecular flexibility index (Phi) is 3.37. The first kappa shape index (κ1) is 13.0. The maximum atomic E-state index is 12.1. The first-order valence-corrected chi connectivity index (χ1v) is 6.59. The number of hydrogen-bond acceptors (Lipinski definition) is 5. The maximum Gasteiger partial charge on any atom is 0.255 e. The lowest BCUT2D eigenvalue weighted by Gasteiger charge is -2.12. The summed E-state index contributed by atoms with van der Waals surface area (Å²) >= 11 is 0. The normalized spacial score (nSPS) is 14.9. The molecule has 1 aliphatic carbocycles. The molecule has 0 atom stereocenters. The van der Waals surface area contributed by atoms with E-state index in [0.29, 0.717) is 22.6 Å². The zero-order valence-electron chi connectivity index (χ0n) is 10.8. The van der Waals surface area contributed by atoms with Gasteiger partial charge in [0, 0.05) is 12.1 Å². The van der Waals surface area contributed by atoms with Crippen LogP contribution < -0.4 is 5.32 Å². The predicted octanol–water partition coefficient (Wildman–Crippen LogP) is -0.0817. The molecular formula is C13H16N4O3. The van der Waals surface area contributed by atoms with Crippen molar-refractivity contribution in [2.75, 3.05) is 13.2 Å². The maximum absolute atomic E-state index is 12.1. The SMILES string of the molecule is O=C(NC(CO)CO)c1c[nH]c2ncc(C3CC3)nc12. The Bertz CT molecular complexity index is 632. The lowest BCUT2D eigenvalue weighted by atomic mass is 10.2. The summed E-state index contributed by atoms with van der Waals surface area (Å²) in [5.41, 5.74) is 2.37. The minimum Gasteiger partial charge on any atom is -0.394 e. The largest absolute Gasteiger partial charge is 0.394 e. The summed E-state index contributed by atoms with van der Waals surface area (Å²) < 4.78 is 0. The number of carbonyl (C=O) groups is 1. The van der Waals surface area contributed by atoms with Gasteiger partial charge in [-0.3, -0.25) is 4.79 Å². The summed E-state index contributed by atoms with van der Waals surface area (Å²) in [7, 11) is 0. The Labute approximate surface area is 115 Å². The minimum atomic E-state index is -0.674. The van der Waals surface area contributed by atoms with Crippen LogP contribution >= 0.6 is 0 Å². The van der Waals surface area contributed by atoms with E-state index in [1.807, 2.05) is 0 Å². The lowest BCUT2D eigenvalue weighted by Crippen LogP contribution is -2.40. The van der Waals surface area contributed by atoms with Crippen molar-refractivity contribution in [3.8, 4) is 0 Å². The molecule has 3 rings (SSSR count). The highest BCUT2D eigenvalue weighted by molar-refractivity contribution is 6.04. The molecule has 0 spiro atoms. The van der Waals surface area contributed by atoms with Crippen LogP contribution in [0.4, 0.5) is 0 Å². The Morgan fingerprint density at radius 2 is 2.20 bits per heavy atom. The molecule has 0 bridgehead atoms. The number of fused-ring (bicyclic) bond motifs is 1. The van der Waals surface area contributed by atoms with Crippen LogP contribution in [0.15, 0.2) is 12.4 Å². The standard InChI is InChI=1S/C13H16N4O3/c18-5-8(6-19)16-13(20)9-3-14-12-11(9)17-10(4-15-12)7-1-2-7/h3-4,7-8,18-19H,1-2,5-6H2,(H,14,15)(H,16,20). The average molecular weight is 276 g/mol. The number of rotatable bonds is 5. The highest BCUT2D eigenvalue weighted by Gasteiger charge is 2.26. The van der Waals surface area contributed by atoms with Gasteiger partial charge in [0.15, 0.2) is 5.65 Å². The Balaban J connectivity index is 1.90. The summed E-state index contributed by atoms with van der Waals surface area (Å²) in [6.07, 6.45) is 5.51. The number of H-pyrrole nitrogens is 1. The van der Waals surface area contributed by atoms with E-state index in [-0.39, 0.29) is 19.1 Å². The quantitative estimate of drug-likeness (QED) is 0.610. The van der Waals surface area contributed by atoms with Crippen LogP contribution in [0.3, 0.4) is 0 Å². The van der Waals surface area contributed by atoms with Gasteiger partial charge in [0.2, 0.25) is 0 Å². The number of aliphatic hydroxyl groups excluding tert-OH is 2. The van der Waals surface area contributed by atoms with E-state index in [1.165, 1.54) is 0 Å². The van der Waals surface area contributed by atoms with E-state index >= 15 is 0 Å². The van der Waals surface area contributed by atoms with Gasteiger partial charge in [0.05, 0.1) is 36.7 Å². The van der Waals surface area contributed by atoms with Gasteiger partial charge in [-0.1, -0.05) is 0 Å². The molecule has 2 aromatic rings. The van der Waals surface area contributed by atoms with Crippen LogP contribution in [0.1, 0.15) is 34.8 Å². The Morgan fingerprint density at radius 3 is 2.85 bits per heavy atom. The van der Waals surface area contributed by atoms with Crippen molar-refractivity contribution in [1.82, 2.24) is 20.3 Å². The Morgan fingerprint density at radius 1 is 1.45 bits per heavy atom. The van der Waals surface area contributed by atoms with Gasteiger partial charge >= 0.3 is 0 Å². The summed E-state index contributed by atoms with van der Waals surface area (Å²) in [4.78, 5) is 23.8. The molecule has 0 unspecified atom stereocenters. The topological polar surface area (TPSA) is 111 Å². The van der Waals surface area contributed by atoms with Crippen LogP contribution in [0.25, 0.3) is 11.2 Å². The number of hydrogen-bond donors (Lipinski definition) is 4. The van der Waals surface area contributed by atoms with E-state index in [2.05, 4.69) is 20.3 Å². The van der Waals surface area contributed by atoms with E-state index < -0.39 is 6.04 Å². The second kappa shape index (κ2) is 5.18. The van der Waals surface area contributed by atoms with Crippen LogP contribution in [-0.4, -0.2) is 50.3 Å². The van der Waals surface area contributed by atoms with Crippen LogP contribution in [0, 0.1) is 0 Å². The molecule has 0 radical (unpaired) electrons. The molecule has 7 nitrogen and oxygen atoms in total. The van der Waals surface area contributed by atoms with Crippen LogP contribution in [-0.2, 0) is 0 Å². The fourth-order valence-corrected chi connectivity index (χ4v) is 2.07. The summed E-state index contributed by atoms with van der Waals surface area (Å²) in [5, 5.41) is 20.5. The monoisotopic (exact) mass is 276 g/mol. The zero-order valence-corrected chi connectivity index (χ0v) is 10.8. The first-order valence-electron chi connectivity index (χ1n) is 6.59. The fraction of sp³-hybridized carbons (Fsp3) is 0.462. The van der Waals surface area contributed by atoms with Gasteiger partial charge < -0.3 is 20.5 Å². The van der Waals surface area contributed by atoms with Crippen molar-refractivity contribution in [3.05, 3.63) is 23.7 Å². The number of nitrogens with zero attached hydrogens (tertiary/aromatic N) is 2. The van der Waals surface area contributed by atoms with Gasteiger partial charge in [-0.15, -0.1) is 0 Å². The highest BCUT2D eigenvalue weighted by atomic mass is 16.3. The number of amides is 1. The molecule has 1 saturated carbocycles. The van der Waals surface area contributed by atoms with E-state index in [0.717, 1.165) is 18.5 Å². The average Bonchev–Trinajstić information content (AvgIpc) is 3.23. The molecular weight excluding hydrogens is 260 g/mol. The minimum absolute atomic E-state index is 0.316. The third-order valence-corrected chi connectivity index (χ3v) is 3.42. The van der Waals surface area contributed by atoms with Crippen LogP contribution in [0.5, 0.6) is 0 Å². The molecule has 1 amide bonds. The second-order valence-corrected chi connectivity index (χ2v) is 5.00. The van der Waals surface area contributed by atoms with Crippen molar-refractivity contribution in [1.29, 1.82) is 0 Å². The molecule has 7 heteroatoms. The zero-order chi connectivity index (χ0) is 14.1. The molecule has 106 valence electrons. The van der Waals surface area contributed by atoms with Crippen LogP contribution in [0.2, 0.25) is 0 Å². The molecule has 0 saturated heterocycles. The third kappa shape index (κ3) is 2.37. The summed E-state index contributed by atoms with van der Waals surface area (Å²) in [6, 6.07) is -0.674. The molecule has 0 aliphatic heterocycles. The van der Waals surface area contributed by atoms with Gasteiger partial charge in [0.25, 0.3) is 5.91 Å². The molecule has 2 heterocycles. The van der Waals surface area contributed by atoms with Crippen molar-refractivity contribution >= 4 is 17.1 Å². The number of aliphatic hydroxyl groups is 2. The fourth-order valence-electron chi connectivity index (χ4n) is 2.07. The van der Waals surface area contributed by atoms with Crippen molar-refractivity contribution in [3.63, 3.8) is 0 Å². The van der Waals surface area contributed by atoms with E-state index in [4.69, 9.17) is 10.2 Å². The number of nitrogens with one attached hydrogen (secondary N) is 2. The molecule has 20 heavy (non-hydrogen) atoms. The number of aromatic nitrogens is 3. The second-order valence-electron chi connectivity index (χ2n) is 5.00. The van der Waals surface area contributed by atoms with E-state index in [9.17, 15) is 4.79 Å². The molecule has 2 aromatic heterocycles. The molecule has 4 N–H and O–H groups in total. The number of aromatic amines is 1. The smallest absolute Gasteiger partial charge is 0.255 e. The van der Waals surface area contributed by atoms with Crippen molar-refractivity contribution in [2.24, 2.45) is 0 Å². The van der Waals surface area contributed by atoms with Crippen molar-refractivity contribution < 1.29 is 15.0 Å². The third-order valence-electron chi connectivity index (χ3n) is 3.42. The molecule has 1 aliphatic rings. The molecule has 0 aromatic carbocycles. The highest BCUT2D eigenvalue weighted by Crippen LogP contribution is 2.39. The molecule has 1 fully saturated rings. The number of carbonyl (C=O) groups excluding carboxylic acids is 1. The lowest BCUT2D eigenvalue weighted by molar-refractivity contribution is 0.0881. The first-order chi connectivity index (χ1) is 9.72. The Hall–Kier alpha value is -1.99. The van der Waals surface area contributed by atoms with E-state index in [1.54, 1.807) is 12.4 Å². The van der Waals surface area contributed by atoms with Gasteiger partial charge in [-0.05, 0) is 12.8 Å². The van der Waals surface area contributed by atoms with Gasteiger partial charge in [-0.2, -0.15) is 0 Å². The predicted molar refractivity (Wildman–Crippen MR) is 71.3 cm³/mol. The van der Waals surface area contributed by atoms with Crippen molar-refractivity contribution in [2.45, 2.75) is 24.8 Å². The summed E-state index contributed by atoms with van der Waals surface area (Å²) in [5.74, 6) is 0.0759. The summed E-state index contributed by atoms with van der Waals surface area (Å²) in [6.45, 7) is -0.632. The van der Waals surface area contributed by atoms with Gasteiger partial charge in [0.1, 0.15) is 5.52 Å².